The fourth-order valence-electron chi connectivity index (χ4n) is 3.29. The van der Waals surface area contributed by atoms with E-state index in [1.807, 2.05) is 66.7 Å². The maximum absolute atomic E-state index is 13.4. The lowest BCUT2D eigenvalue weighted by atomic mass is 9.94. The summed E-state index contributed by atoms with van der Waals surface area (Å²) < 4.78 is 5.81. The van der Waals surface area contributed by atoms with E-state index in [9.17, 15) is 4.79 Å². The summed E-state index contributed by atoms with van der Waals surface area (Å²) >= 11 is 5.00. The summed E-state index contributed by atoms with van der Waals surface area (Å²) in [5.74, 6) is 0.0779. The monoisotopic (exact) mass is 386 g/mol. The van der Waals surface area contributed by atoms with Gasteiger partial charge in [-0.1, -0.05) is 60.7 Å². The van der Waals surface area contributed by atoms with Crippen molar-refractivity contribution >= 4 is 39.8 Å². The Kier molecular flexibility index (Phi) is 4.91. The largest absolute Gasteiger partial charge is 0.453 e. The Morgan fingerprint density at radius 1 is 0.964 bits per heavy atom. The molecular weight excluding hydrogens is 368 g/mol. The number of hydrogen-bond donors (Lipinski definition) is 2. The first kappa shape index (κ1) is 17.9. The number of carbonyl (C=O) groups is 1. The molecule has 138 valence electrons. The normalized spacial score (nSPS) is 10.7. The number of nitrogens with two attached hydrogens (primary N) is 1. The lowest BCUT2D eigenvalue weighted by Gasteiger charge is -2.14. The van der Waals surface area contributed by atoms with Gasteiger partial charge in [0.15, 0.2) is 10.9 Å². The Hall–Kier alpha value is -3.44. The maximum atomic E-state index is 13.4. The second-order valence-corrected chi connectivity index (χ2v) is 6.91. The van der Waals surface area contributed by atoms with Crippen molar-refractivity contribution in [2.75, 3.05) is 5.32 Å². The fraction of sp³-hybridized carbons (Fsp3) is 0.0435. The van der Waals surface area contributed by atoms with E-state index < -0.39 is 0 Å². The number of carbonyl (C=O) groups excluding carboxylic acids is 1. The van der Waals surface area contributed by atoms with Crippen molar-refractivity contribution in [3.05, 3.63) is 101 Å². The smallest absolute Gasteiger partial charge is 0.230 e. The lowest BCUT2D eigenvalue weighted by molar-refractivity contribution is 0.101. The first-order valence-corrected chi connectivity index (χ1v) is 9.28. The van der Waals surface area contributed by atoms with Crippen molar-refractivity contribution in [2.24, 2.45) is 5.73 Å². The highest BCUT2D eigenvalue weighted by Gasteiger charge is 2.22. The van der Waals surface area contributed by atoms with Gasteiger partial charge >= 0.3 is 0 Å². The van der Waals surface area contributed by atoms with Crippen LogP contribution in [-0.2, 0) is 6.42 Å². The maximum Gasteiger partial charge on any atom is 0.230 e. The van der Waals surface area contributed by atoms with Crippen LogP contribution in [0.4, 0.5) is 5.69 Å². The number of rotatable bonds is 5. The first-order valence-electron chi connectivity index (χ1n) is 8.87. The zero-order chi connectivity index (χ0) is 19.5. The Morgan fingerprint density at radius 3 is 2.46 bits per heavy atom. The minimum Gasteiger partial charge on any atom is -0.453 e. The van der Waals surface area contributed by atoms with E-state index >= 15 is 0 Å². The highest BCUT2D eigenvalue weighted by atomic mass is 32.1. The second kappa shape index (κ2) is 7.66. The van der Waals surface area contributed by atoms with Gasteiger partial charge in [-0.05, 0) is 48.0 Å². The summed E-state index contributed by atoms with van der Waals surface area (Å²) in [6.07, 6.45) is 0.606. The molecular formula is C23H18N2O2S. The summed E-state index contributed by atoms with van der Waals surface area (Å²) in [5, 5.41) is 3.92. The predicted molar refractivity (Wildman–Crippen MR) is 116 cm³/mol. The Labute approximate surface area is 168 Å². The Balaban J connectivity index is 1.82. The van der Waals surface area contributed by atoms with Crippen molar-refractivity contribution in [3.63, 3.8) is 0 Å². The molecule has 0 aliphatic carbocycles. The topological polar surface area (TPSA) is 68.3 Å². The number of nitrogens with one attached hydrogen (secondary N) is 1. The van der Waals surface area contributed by atoms with Crippen LogP contribution in [0, 0.1) is 0 Å². The van der Waals surface area contributed by atoms with Crippen molar-refractivity contribution in [1.82, 2.24) is 0 Å². The number of anilines is 1. The molecule has 0 radical (unpaired) electrons. The molecule has 4 nitrogen and oxygen atoms in total. The van der Waals surface area contributed by atoms with Gasteiger partial charge in [-0.2, -0.15) is 0 Å². The molecule has 0 atom stereocenters. The summed E-state index contributed by atoms with van der Waals surface area (Å²) in [6, 6.07) is 24.9. The molecule has 0 saturated carbocycles. The molecule has 0 spiro atoms. The molecule has 1 aromatic heterocycles. The molecule has 28 heavy (non-hydrogen) atoms. The zero-order valence-corrected chi connectivity index (χ0v) is 15.8. The van der Waals surface area contributed by atoms with Crippen molar-refractivity contribution in [2.45, 2.75) is 6.42 Å². The van der Waals surface area contributed by atoms with Crippen LogP contribution in [0.2, 0.25) is 0 Å². The van der Waals surface area contributed by atoms with Gasteiger partial charge in [0.05, 0.1) is 11.3 Å². The molecule has 3 N–H and O–H groups in total. The van der Waals surface area contributed by atoms with E-state index in [2.05, 4.69) is 5.32 Å². The van der Waals surface area contributed by atoms with Crippen molar-refractivity contribution in [3.8, 4) is 0 Å². The van der Waals surface area contributed by atoms with Gasteiger partial charge in [-0.3, -0.25) is 4.79 Å². The van der Waals surface area contributed by atoms with Crippen LogP contribution in [0.5, 0.6) is 0 Å². The van der Waals surface area contributed by atoms with Crippen LogP contribution in [-0.4, -0.2) is 10.9 Å². The minimum atomic E-state index is -0.207. The third-order valence-corrected chi connectivity index (χ3v) is 4.62. The molecule has 0 bridgehead atoms. The molecule has 4 aromatic rings. The molecule has 1 heterocycles. The highest BCUT2D eigenvalue weighted by Crippen LogP contribution is 2.28. The average Bonchev–Trinajstić information content (AvgIpc) is 3.12. The van der Waals surface area contributed by atoms with Crippen LogP contribution >= 0.6 is 12.2 Å². The highest BCUT2D eigenvalue weighted by molar-refractivity contribution is 7.80. The number of fused-ring (bicyclic) bond motifs is 1. The van der Waals surface area contributed by atoms with Gasteiger partial charge in [0.25, 0.3) is 0 Å². The van der Waals surface area contributed by atoms with E-state index in [4.69, 9.17) is 22.4 Å². The first-order chi connectivity index (χ1) is 13.6. The van der Waals surface area contributed by atoms with Gasteiger partial charge in [-0.15, -0.1) is 0 Å². The molecule has 4 rings (SSSR count). The number of furan rings is 1. The minimum absolute atomic E-state index is 0.107. The predicted octanol–water partition coefficient (Wildman–Crippen LogP) is 4.91. The van der Waals surface area contributed by atoms with E-state index in [0.717, 1.165) is 16.5 Å². The Morgan fingerprint density at radius 2 is 1.71 bits per heavy atom. The van der Waals surface area contributed by atoms with Crippen LogP contribution in [0.25, 0.3) is 11.0 Å². The third-order valence-electron chi connectivity index (χ3n) is 4.52. The van der Waals surface area contributed by atoms with Crippen molar-refractivity contribution in [1.29, 1.82) is 0 Å². The SMILES string of the molecule is NC(=S)Nc1cccc(Cc2ccccc2)c1C(=O)c1cc2ccccc2o1. The molecule has 0 fully saturated rings. The summed E-state index contributed by atoms with van der Waals surface area (Å²) in [6.45, 7) is 0. The Bertz CT molecular complexity index is 1130. The van der Waals surface area contributed by atoms with Gasteiger partial charge in [-0.25, -0.2) is 0 Å². The number of para-hydroxylation sites is 1. The number of ketones is 1. The van der Waals surface area contributed by atoms with Crippen LogP contribution in [0.3, 0.4) is 0 Å². The standard InChI is InChI=1S/C23H18N2O2S/c24-23(28)25-18-11-6-10-17(13-15-7-2-1-3-8-15)21(18)22(26)20-14-16-9-4-5-12-19(16)27-20/h1-12,14H,13H2,(H3,24,25,28). The van der Waals surface area contributed by atoms with E-state index in [0.29, 0.717) is 23.3 Å². The lowest BCUT2D eigenvalue weighted by Crippen LogP contribution is -2.21. The number of benzene rings is 3. The summed E-state index contributed by atoms with van der Waals surface area (Å²) in [4.78, 5) is 13.4. The summed E-state index contributed by atoms with van der Waals surface area (Å²) in [7, 11) is 0. The molecule has 0 unspecified atom stereocenters. The molecule has 5 heteroatoms. The van der Waals surface area contributed by atoms with E-state index in [1.54, 1.807) is 12.1 Å². The molecule has 0 saturated heterocycles. The van der Waals surface area contributed by atoms with Gasteiger partial charge in [0, 0.05) is 5.39 Å². The van der Waals surface area contributed by atoms with Gasteiger partial charge in [0.1, 0.15) is 5.58 Å². The van der Waals surface area contributed by atoms with Crippen molar-refractivity contribution < 1.29 is 9.21 Å². The fourth-order valence-corrected chi connectivity index (χ4v) is 3.40. The third kappa shape index (κ3) is 3.66. The average molecular weight is 386 g/mol. The van der Waals surface area contributed by atoms with Gasteiger partial charge in [0.2, 0.25) is 5.78 Å². The zero-order valence-electron chi connectivity index (χ0n) is 15.0. The number of thiocarbonyl (C=S) groups is 1. The van der Waals surface area contributed by atoms with Gasteiger partial charge < -0.3 is 15.5 Å². The van der Waals surface area contributed by atoms with Crippen LogP contribution in [0.15, 0.2) is 83.3 Å². The molecule has 0 aliphatic heterocycles. The number of hydrogen-bond acceptors (Lipinski definition) is 3. The molecule has 3 aromatic carbocycles. The van der Waals surface area contributed by atoms with E-state index in [1.165, 1.54) is 0 Å². The quantitative estimate of drug-likeness (QED) is 0.377. The van der Waals surface area contributed by atoms with Crippen LogP contribution in [0.1, 0.15) is 27.2 Å². The second-order valence-electron chi connectivity index (χ2n) is 6.47. The van der Waals surface area contributed by atoms with Crippen LogP contribution < -0.4 is 11.1 Å². The summed E-state index contributed by atoms with van der Waals surface area (Å²) in [5.41, 5.74) is 9.42. The van der Waals surface area contributed by atoms with E-state index in [-0.39, 0.29) is 16.7 Å². The molecule has 0 amide bonds. The molecule has 0 aliphatic rings.